The smallest absolute Gasteiger partial charge is 0.260 e. The van der Waals surface area contributed by atoms with E-state index < -0.39 is 22.5 Å². The Labute approximate surface area is 179 Å². The molecule has 0 saturated heterocycles. The van der Waals surface area contributed by atoms with Crippen LogP contribution in [0.3, 0.4) is 0 Å². The molecule has 1 amide bonds. The van der Waals surface area contributed by atoms with E-state index in [4.69, 9.17) is 25.8 Å². The van der Waals surface area contributed by atoms with Crippen LogP contribution in [0, 0.1) is 0 Å². The molecule has 0 saturated carbocycles. The second-order valence-electron chi connectivity index (χ2n) is 6.25. The lowest BCUT2D eigenvalue weighted by atomic mass is 10.2. The Morgan fingerprint density at radius 1 is 1.30 bits per heavy atom. The van der Waals surface area contributed by atoms with Crippen molar-refractivity contribution in [3.63, 3.8) is 0 Å². The molecule has 9 nitrogen and oxygen atoms in total. The van der Waals surface area contributed by atoms with E-state index >= 15 is 0 Å². The summed E-state index contributed by atoms with van der Waals surface area (Å²) in [5.41, 5.74) is 3.16. The molecule has 2 aromatic rings. The Morgan fingerprint density at radius 2 is 2.07 bits per heavy atom. The SMILES string of the molecule is COc1ccc(N(CC(=O)N/N=C\c2cccc3c2OCCO3)S(C)(=O)=O)cc1Cl. The molecule has 0 aliphatic carbocycles. The molecule has 1 heterocycles. The first-order chi connectivity index (χ1) is 14.3. The molecule has 30 heavy (non-hydrogen) atoms. The van der Waals surface area contributed by atoms with Gasteiger partial charge in [-0.1, -0.05) is 17.7 Å². The summed E-state index contributed by atoms with van der Waals surface area (Å²) in [6.45, 7) is 0.393. The summed E-state index contributed by atoms with van der Waals surface area (Å²) >= 11 is 6.08. The number of benzene rings is 2. The number of amides is 1. The van der Waals surface area contributed by atoms with E-state index in [2.05, 4.69) is 10.5 Å². The Kier molecular flexibility index (Phi) is 6.68. The fourth-order valence-corrected chi connectivity index (χ4v) is 3.85. The molecule has 11 heteroatoms. The van der Waals surface area contributed by atoms with Crippen molar-refractivity contribution in [3.8, 4) is 17.2 Å². The van der Waals surface area contributed by atoms with Crippen LogP contribution in [-0.2, 0) is 14.8 Å². The van der Waals surface area contributed by atoms with E-state index in [1.165, 1.54) is 31.5 Å². The average molecular weight is 454 g/mol. The van der Waals surface area contributed by atoms with Crippen molar-refractivity contribution in [1.29, 1.82) is 0 Å². The van der Waals surface area contributed by atoms with E-state index in [9.17, 15) is 13.2 Å². The largest absolute Gasteiger partial charge is 0.495 e. The molecule has 0 fully saturated rings. The van der Waals surface area contributed by atoms with Crippen molar-refractivity contribution < 1.29 is 27.4 Å². The van der Waals surface area contributed by atoms with Gasteiger partial charge in [-0.05, 0) is 30.3 Å². The number of para-hydroxylation sites is 1. The van der Waals surface area contributed by atoms with Gasteiger partial charge in [-0.3, -0.25) is 9.10 Å². The minimum atomic E-state index is -3.75. The van der Waals surface area contributed by atoms with Gasteiger partial charge in [0.15, 0.2) is 11.5 Å². The van der Waals surface area contributed by atoms with Crippen molar-refractivity contribution in [1.82, 2.24) is 5.43 Å². The van der Waals surface area contributed by atoms with Crippen molar-refractivity contribution >= 4 is 39.4 Å². The number of methoxy groups -OCH3 is 1. The molecule has 1 aliphatic heterocycles. The maximum absolute atomic E-state index is 12.3. The lowest BCUT2D eigenvalue weighted by Gasteiger charge is -2.22. The molecule has 0 radical (unpaired) electrons. The lowest BCUT2D eigenvalue weighted by Crippen LogP contribution is -2.39. The molecule has 160 valence electrons. The summed E-state index contributed by atoms with van der Waals surface area (Å²) in [4.78, 5) is 12.3. The van der Waals surface area contributed by atoms with Crippen LogP contribution in [-0.4, -0.2) is 53.7 Å². The molecular formula is C19H20ClN3O6S. The summed E-state index contributed by atoms with van der Waals surface area (Å²) < 4.78 is 41.4. The molecule has 1 N–H and O–H groups in total. The lowest BCUT2D eigenvalue weighted by molar-refractivity contribution is -0.119. The zero-order chi connectivity index (χ0) is 21.7. The number of halogens is 1. The monoisotopic (exact) mass is 453 g/mol. The van der Waals surface area contributed by atoms with Crippen LogP contribution < -0.4 is 23.9 Å². The van der Waals surface area contributed by atoms with E-state index in [-0.39, 0.29) is 10.7 Å². The fourth-order valence-electron chi connectivity index (χ4n) is 2.75. The van der Waals surface area contributed by atoms with Gasteiger partial charge in [0, 0.05) is 5.56 Å². The van der Waals surface area contributed by atoms with Crippen LogP contribution in [0.1, 0.15) is 5.56 Å². The molecule has 0 atom stereocenters. The van der Waals surface area contributed by atoms with Gasteiger partial charge in [-0.25, -0.2) is 13.8 Å². The number of hydrazone groups is 1. The molecule has 2 aromatic carbocycles. The van der Waals surface area contributed by atoms with Gasteiger partial charge in [0.1, 0.15) is 25.5 Å². The Morgan fingerprint density at radius 3 is 2.77 bits per heavy atom. The zero-order valence-corrected chi connectivity index (χ0v) is 17.9. The molecule has 0 spiro atoms. The van der Waals surface area contributed by atoms with E-state index in [1.807, 2.05) is 0 Å². The number of carbonyl (C=O) groups excluding carboxylic acids is 1. The third-order valence-electron chi connectivity index (χ3n) is 4.10. The van der Waals surface area contributed by atoms with Crippen LogP contribution in [0.2, 0.25) is 5.02 Å². The molecule has 1 aliphatic rings. The summed E-state index contributed by atoms with van der Waals surface area (Å²) in [5.74, 6) is 0.884. The van der Waals surface area contributed by atoms with E-state index in [0.717, 1.165) is 10.6 Å². The third kappa shape index (κ3) is 5.14. The maximum Gasteiger partial charge on any atom is 0.260 e. The standard InChI is InChI=1S/C19H20ClN3O6S/c1-27-16-7-6-14(10-15(16)20)23(30(2,25)26)12-18(24)22-21-11-13-4-3-5-17-19(13)29-9-8-28-17/h3-7,10-11H,8-9,12H2,1-2H3,(H,22,24)/b21-11-. The minimum absolute atomic E-state index is 0.221. The molecule has 0 aromatic heterocycles. The van der Waals surface area contributed by atoms with Crippen LogP contribution in [0.15, 0.2) is 41.5 Å². The number of nitrogens with one attached hydrogen (secondary N) is 1. The highest BCUT2D eigenvalue weighted by atomic mass is 35.5. The Balaban J connectivity index is 1.71. The van der Waals surface area contributed by atoms with Crippen LogP contribution in [0.5, 0.6) is 17.2 Å². The van der Waals surface area contributed by atoms with Crippen molar-refractivity contribution in [3.05, 3.63) is 47.0 Å². The molecule has 3 rings (SSSR count). The first-order valence-electron chi connectivity index (χ1n) is 8.81. The number of fused-ring (bicyclic) bond motifs is 1. The van der Waals surface area contributed by atoms with E-state index in [1.54, 1.807) is 18.2 Å². The second-order valence-corrected chi connectivity index (χ2v) is 8.57. The van der Waals surface area contributed by atoms with Gasteiger partial charge in [-0.2, -0.15) is 5.10 Å². The van der Waals surface area contributed by atoms with Gasteiger partial charge in [-0.15, -0.1) is 0 Å². The Bertz CT molecular complexity index is 1070. The highest BCUT2D eigenvalue weighted by molar-refractivity contribution is 7.92. The zero-order valence-electron chi connectivity index (χ0n) is 16.3. The minimum Gasteiger partial charge on any atom is -0.495 e. The Hall–Kier alpha value is -2.98. The number of rotatable bonds is 7. The number of hydrogen-bond acceptors (Lipinski definition) is 7. The van der Waals surface area contributed by atoms with Crippen molar-refractivity contribution in [2.75, 3.05) is 37.4 Å². The summed E-state index contributed by atoms with van der Waals surface area (Å²) in [6, 6.07) is 9.73. The van der Waals surface area contributed by atoms with Gasteiger partial charge >= 0.3 is 0 Å². The average Bonchev–Trinajstić information content (AvgIpc) is 2.71. The van der Waals surface area contributed by atoms with Crippen LogP contribution in [0.25, 0.3) is 0 Å². The topological polar surface area (TPSA) is 107 Å². The van der Waals surface area contributed by atoms with Crippen molar-refractivity contribution in [2.24, 2.45) is 5.10 Å². The number of carbonyl (C=O) groups is 1. The number of nitrogens with zero attached hydrogens (tertiary/aromatic N) is 2. The van der Waals surface area contributed by atoms with E-state index in [0.29, 0.717) is 36.0 Å². The molecular weight excluding hydrogens is 434 g/mol. The highest BCUT2D eigenvalue weighted by Gasteiger charge is 2.22. The summed E-state index contributed by atoms with van der Waals surface area (Å²) in [5, 5.41) is 4.12. The van der Waals surface area contributed by atoms with Crippen LogP contribution in [0.4, 0.5) is 5.69 Å². The van der Waals surface area contributed by atoms with Gasteiger partial charge in [0.05, 0.1) is 30.3 Å². The number of anilines is 1. The predicted molar refractivity (Wildman–Crippen MR) is 113 cm³/mol. The van der Waals surface area contributed by atoms with Gasteiger partial charge in [0.25, 0.3) is 5.91 Å². The predicted octanol–water partition coefficient (Wildman–Crippen LogP) is 2.04. The maximum atomic E-state index is 12.3. The quantitative estimate of drug-likeness (QED) is 0.508. The number of hydrogen-bond donors (Lipinski definition) is 1. The highest BCUT2D eigenvalue weighted by Crippen LogP contribution is 2.32. The number of ether oxygens (including phenoxy) is 3. The molecule has 0 unspecified atom stereocenters. The summed E-state index contributed by atoms with van der Waals surface area (Å²) in [7, 11) is -2.31. The number of sulfonamides is 1. The second kappa shape index (κ2) is 9.23. The van der Waals surface area contributed by atoms with Gasteiger partial charge < -0.3 is 14.2 Å². The fraction of sp³-hybridized carbons (Fsp3) is 0.263. The first-order valence-corrected chi connectivity index (χ1v) is 11.0. The van der Waals surface area contributed by atoms with Crippen LogP contribution >= 0.6 is 11.6 Å². The van der Waals surface area contributed by atoms with Crippen molar-refractivity contribution in [2.45, 2.75) is 0 Å². The molecule has 0 bridgehead atoms. The first kappa shape index (κ1) is 21.7. The normalized spacial score (nSPS) is 13.2. The third-order valence-corrected chi connectivity index (χ3v) is 5.54. The van der Waals surface area contributed by atoms with Gasteiger partial charge in [0.2, 0.25) is 10.0 Å². The summed E-state index contributed by atoms with van der Waals surface area (Å²) in [6.07, 6.45) is 2.40.